The molecule has 0 amide bonds. The molecule has 6 heteroatoms. The van der Waals surface area contributed by atoms with Crippen LogP contribution in [-0.2, 0) is 28.6 Å². The molecule has 0 aromatic heterocycles. The third-order valence-corrected chi connectivity index (χ3v) is 12.2. The van der Waals surface area contributed by atoms with E-state index in [-0.39, 0.29) is 31.1 Å². The second kappa shape index (κ2) is 58.6. The highest BCUT2D eigenvalue weighted by Gasteiger charge is 2.19. The van der Waals surface area contributed by atoms with E-state index < -0.39 is 6.10 Å². The lowest BCUT2D eigenvalue weighted by Gasteiger charge is -2.18. The van der Waals surface area contributed by atoms with Gasteiger partial charge in [0.15, 0.2) is 6.10 Å². The van der Waals surface area contributed by atoms with E-state index in [9.17, 15) is 14.4 Å². The second-order valence-electron chi connectivity index (χ2n) is 19.2. The Hall–Kier alpha value is -3.93. The summed E-state index contributed by atoms with van der Waals surface area (Å²) in [7, 11) is 0. The van der Waals surface area contributed by atoms with Gasteiger partial charge in [0.05, 0.1) is 0 Å². The van der Waals surface area contributed by atoms with Crippen molar-refractivity contribution in [3.8, 4) is 0 Å². The fraction of sp³-hybridized carbons (Fsp3) is 0.677. The molecule has 0 spiro atoms. The Labute approximate surface area is 438 Å². The van der Waals surface area contributed by atoms with Crippen LogP contribution in [-0.4, -0.2) is 37.2 Å². The topological polar surface area (TPSA) is 78.9 Å². The van der Waals surface area contributed by atoms with E-state index in [4.69, 9.17) is 14.2 Å². The summed E-state index contributed by atoms with van der Waals surface area (Å²) in [6.07, 6.45) is 79.4. The lowest BCUT2D eigenvalue weighted by atomic mass is 10.1. The average molecular weight is 986 g/mol. The Kier molecular flexibility index (Phi) is 55.4. The van der Waals surface area contributed by atoms with Gasteiger partial charge >= 0.3 is 17.9 Å². The van der Waals surface area contributed by atoms with Crippen LogP contribution in [0.5, 0.6) is 0 Å². The number of rotatable bonds is 52. The summed E-state index contributed by atoms with van der Waals surface area (Å²) < 4.78 is 16.8. The first kappa shape index (κ1) is 67.1. The predicted molar refractivity (Wildman–Crippen MR) is 307 cm³/mol. The van der Waals surface area contributed by atoms with E-state index in [2.05, 4.69) is 130 Å². The van der Waals surface area contributed by atoms with Crippen molar-refractivity contribution < 1.29 is 28.6 Å². The molecule has 0 saturated heterocycles. The fourth-order valence-electron chi connectivity index (χ4n) is 7.83. The van der Waals surface area contributed by atoms with E-state index >= 15 is 0 Å². The Balaban J connectivity index is 4.35. The first-order valence-corrected chi connectivity index (χ1v) is 29.4. The summed E-state index contributed by atoms with van der Waals surface area (Å²) in [6, 6.07) is 0. The molecule has 6 nitrogen and oxygen atoms in total. The number of hydrogen-bond donors (Lipinski definition) is 0. The Bertz CT molecular complexity index is 1460. The van der Waals surface area contributed by atoms with Gasteiger partial charge < -0.3 is 14.2 Å². The monoisotopic (exact) mass is 985 g/mol. The molecule has 71 heavy (non-hydrogen) atoms. The normalized spacial score (nSPS) is 12.9. The summed E-state index contributed by atoms with van der Waals surface area (Å²) in [5.74, 6) is -0.924. The molecule has 404 valence electrons. The van der Waals surface area contributed by atoms with Crippen LogP contribution in [0, 0.1) is 0 Å². The first-order valence-electron chi connectivity index (χ1n) is 29.4. The molecule has 0 aliphatic carbocycles. The fourth-order valence-corrected chi connectivity index (χ4v) is 7.83. The highest BCUT2D eigenvalue weighted by Crippen LogP contribution is 2.14. The number of hydrogen-bond acceptors (Lipinski definition) is 6. The number of unbranched alkanes of at least 4 members (excludes halogenated alkanes) is 23. The van der Waals surface area contributed by atoms with Gasteiger partial charge in [-0.3, -0.25) is 14.4 Å². The van der Waals surface area contributed by atoms with Crippen LogP contribution in [0.2, 0.25) is 0 Å². The number of ether oxygens (including phenoxy) is 3. The summed E-state index contributed by atoms with van der Waals surface area (Å²) >= 11 is 0. The van der Waals surface area contributed by atoms with E-state index in [1.165, 1.54) is 83.5 Å². The van der Waals surface area contributed by atoms with E-state index in [1.807, 2.05) is 0 Å². The highest BCUT2D eigenvalue weighted by molar-refractivity contribution is 5.71. The van der Waals surface area contributed by atoms with Crippen LogP contribution in [0.3, 0.4) is 0 Å². The molecule has 0 aromatic carbocycles. The van der Waals surface area contributed by atoms with Crippen molar-refractivity contribution in [3.05, 3.63) is 109 Å². The van der Waals surface area contributed by atoms with Gasteiger partial charge in [0, 0.05) is 19.3 Å². The molecule has 0 N–H and O–H groups in total. The zero-order chi connectivity index (χ0) is 51.4. The summed E-state index contributed by atoms with van der Waals surface area (Å²) in [5.41, 5.74) is 0. The number of esters is 3. The van der Waals surface area contributed by atoms with Crippen LogP contribution >= 0.6 is 0 Å². The van der Waals surface area contributed by atoms with E-state index in [0.29, 0.717) is 19.3 Å². The van der Waals surface area contributed by atoms with Gasteiger partial charge in [-0.2, -0.15) is 0 Å². The van der Waals surface area contributed by atoms with E-state index in [1.54, 1.807) is 0 Å². The summed E-state index contributed by atoms with van der Waals surface area (Å²) in [6.45, 7) is 6.42. The first-order chi connectivity index (χ1) is 35.0. The molecular weight excluding hydrogens is 877 g/mol. The van der Waals surface area contributed by atoms with E-state index in [0.717, 1.165) is 141 Å². The van der Waals surface area contributed by atoms with Crippen molar-refractivity contribution in [1.29, 1.82) is 0 Å². The molecule has 0 saturated carbocycles. The molecule has 0 bridgehead atoms. The molecule has 1 atom stereocenters. The van der Waals surface area contributed by atoms with Crippen LogP contribution in [0.1, 0.15) is 265 Å². The largest absolute Gasteiger partial charge is 0.462 e. The molecule has 0 heterocycles. The Morgan fingerprint density at radius 1 is 0.296 bits per heavy atom. The Morgan fingerprint density at radius 2 is 0.577 bits per heavy atom. The smallest absolute Gasteiger partial charge is 0.306 e. The summed E-state index contributed by atoms with van der Waals surface area (Å²) in [4.78, 5) is 38.1. The molecular formula is C65H108O6. The quantitative estimate of drug-likeness (QED) is 0.0261. The molecule has 0 aliphatic heterocycles. The molecule has 1 unspecified atom stereocenters. The van der Waals surface area contributed by atoms with Crippen LogP contribution in [0.15, 0.2) is 109 Å². The van der Waals surface area contributed by atoms with Crippen molar-refractivity contribution in [2.24, 2.45) is 0 Å². The highest BCUT2D eigenvalue weighted by atomic mass is 16.6. The van der Waals surface area contributed by atoms with Gasteiger partial charge in [0.1, 0.15) is 13.2 Å². The van der Waals surface area contributed by atoms with Crippen molar-refractivity contribution >= 4 is 17.9 Å². The maximum atomic E-state index is 12.8. The minimum Gasteiger partial charge on any atom is -0.462 e. The maximum Gasteiger partial charge on any atom is 0.306 e. The van der Waals surface area contributed by atoms with Crippen molar-refractivity contribution in [3.63, 3.8) is 0 Å². The van der Waals surface area contributed by atoms with Gasteiger partial charge in [-0.25, -0.2) is 0 Å². The maximum absolute atomic E-state index is 12.8. The van der Waals surface area contributed by atoms with Gasteiger partial charge in [-0.15, -0.1) is 0 Å². The van der Waals surface area contributed by atoms with Crippen molar-refractivity contribution in [1.82, 2.24) is 0 Å². The number of carbonyl (C=O) groups excluding carboxylic acids is 3. The predicted octanol–water partition coefficient (Wildman–Crippen LogP) is 19.9. The third kappa shape index (κ3) is 56.9. The number of carbonyl (C=O) groups is 3. The van der Waals surface area contributed by atoms with Crippen molar-refractivity contribution in [2.45, 2.75) is 271 Å². The van der Waals surface area contributed by atoms with Crippen LogP contribution in [0.4, 0.5) is 0 Å². The van der Waals surface area contributed by atoms with Gasteiger partial charge in [0.2, 0.25) is 0 Å². The summed E-state index contributed by atoms with van der Waals surface area (Å²) in [5, 5.41) is 0. The lowest BCUT2D eigenvalue weighted by molar-refractivity contribution is -0.167. The SMILES string of the molecule is CC/C=C\C/C=C\C/C=C\C/C=C\C/C=C\C/C=C\CCCCCCCCC(=O)OCC(COC(=O)CCCCCCC/C=C\CCC)OC(=O)CCCCCCCCC/C=C\C/C=C\CCCCCC. The lowest BCUT2D eigenvalue weighted by Crippen LogP contribution is -2.30. The average Bonchev–Trinajstić information content (AvgIpc) is 3.37. The second-order valence-corrected chi connectivity index (χ2v) is 19.2. The van der Waals surface area contributed by atoms with Crippen LogP contribution in [0.25, 0.3) is 0 Å². The van der Waals surface area contributed by atoms with Crippen molar-refractivity contribution in [2.75, 3.05) is 13.2 Å². The minimum atomic E-state index is -0.794. The van der Waals surface area contributed by atoms with Crippen LogP contribution < -0.4 is 0 Å². The molecule has 0 radical (unpaired) electrons. The number of allylic oxidation sites excluding steroid dienone is 18. The minimum absolute atomic E-state index is 0.0917. The molecule has 0 rings (SSSR count). The van der Waals surface area contributed by atoms with Gasteiger partial charge in [-0.05, 0) is 122 Å². The third-order valence-electron chi connectivity index (χ3n) is 12.2. The molecule has 0 fully saturated rings. The zero-order valence-corrected chi connectivity index (χ0v) is 46.2. The Morgan fingerprint density at radius 3 is 0.930 bits per heavy atom. The zero-order valence-electron chi connectivity index (χ0n) is 46.2. The molecule has 0 aliphatic rings. The molecule has 0 aromatic rings. The van der Waals surface area contributed by atoms with Gasteiger partial charge in [-0.1, -0.05) is 233 Å². The van der Waals surface area contributed by atoms with Gasteiger partial charge in [0.25, 0.3) is 0 Å². The standard InChI is InChI=1S/C65H108O6/c1-4-7-10-13-16-19-22-24-26-28-30-31-32-33-34-35-36-38-39-41-43-46-49-52-55-58-64(67)70-61-62(60-69-63(66)57-54-51-48-45-21-18-15-12-9-6-3)71-65(68)59-56-53-50-47-44-42-40-37-29-27-25-23-20-17-14-11-8-5-2/h7,10,12,15-16,19-20,23-24,26-27,29-31,33-34,36,38,62H,4-6,8-9,11,13-14,17-18,21-22,25,28,32,35,37,39-61H2,1-3H3/b10-7-,15-12-,19-16-,23-20-,26-24-,29-27-,31-30-,34-33-,38-36-.